The number of alkyl halides is 3. The van der Waals surface area contributed by atoms with E-state index in [9.17, 15) is 27.9 Å². The molecule has 2 N–H and O–H groups in total. The van der Waals surface area contributed by atoms with Crippen LogP contribution in [-0.2, 0) is 37.4 Å². The summed E-state index contributed by atoms with van der Waals surface area (Å²) < 4.78 is 47.7. The Kier molecular flexibility index (Phi) is 10.4. The minimum atomic E-state index is -4.77. The zero-order valence-corrected chi connectivity index (χ0v) is 35.2. The van der Waals surface area contributed by atoms with E-state index in [1.807, 2.05) is 36.4 Å². The number of carbonyl (C=O) groups is 4. The molecule has 2 aliphatic heterocycles. The highest BCUT2D eigenvalue weighted by atomic mass is 127. The summed E-state index contributed by atoms with van der Waals surface area (Å²) in [6.07, 6.45) is -2.34. The van der Waals surface area contributed by atoms with Crippen LogP contribution in [0.25, 0.3) is 0 Å². The molecule has 10 nitrogen and oxygen atoms in total. The van der Waals surface area contributed by atoms with Gasteiger partial charge in [0, 0.05) is 32.3 Å². The molecule has 0 radical (unpaired) electrons. The third kappa shape index (κ3) is 6.83. The molecule has 0 spiro atoms. The predicted molar refractivity (Wildman–Crippen MR) is 227 cm³/mol. The highest BCUT2D eigenvalue weighted by Crippen LogP contribution is 2.65. The van der Waals surface area contributed by atoms with Crippen molar-refractivity contribution in [2.45, 2.75) is 37.0 Å². The first-order valence-electron chi connectivity index (χ1n) is 19.1. The number of rotatable bonds is 8. The molecule has 2 saturated heterocycles. The van der Waals surface area contributed by atoms with Gasteiger partial charge in [0.15, 0.2) is 5.82 Å². The van der Waals surface area contributed by atoms with Crippen LogP contribution in [-0.4, -0.2) is 38.7 Å². The Morgan fingerprint density at radius 2 is 1.61 bits per heavy atom. The molecule has 9 rings (SSSR count). The average molecular weight is 980 g/mol. The number of hydrazine groups is 1. The molecule has 6 atom stereocenters. The Morgan fingerprint density at radius 3 is 2.28 bits per heavy atom. The Labute approximate surface area is 370 Å². The summed E-state index contributed by atoms with van der Waals surface area (Å²) in [6.45, 7) is 0.192. The van der Waals surface area contributed by atoms with E-state index in [1.54, 1.807) is 60.7 Å². The molecule has 3 fully saturated rings. The number of allylic oxidation sites excluding steroid dienone is 2. The van der Waals surface area contributed by atoms with Crippen LogP contribution in [0.15, 0.2) is 121 Å². The van der Waals surface area contributed by atoms with E-state index in [0.29, 0.717) is 44.9 Å². The fourth-order valence-corrected chi connectivity index (χ4v) is 10.3. The SMILES string of the molecule is O=C1[C@@H]2C[C@@H]3C(=CC[C@@H]4C(=O)N(c5ccc(I)cc5)C(=O)[C@@H]43)[C@H](c3ccc(OCc4ccccc4)cc3O)[C@]2(c2ccc(Cl)cc2)C(=O)N1Nc1ncc(C(F)(F)F)cc1Cl. The third-order valence-corrected chi connectivity index (χ3v) is 13.5. The van der Waals surface area contributed by atoms with Crippen LogP contribution in [0.2, 0.25) is 10.0 Å². The minimum Gasteiger partial charge on any atom is -0.508 e. The molecule has 4 aromatic carbocycles. The maximum Gasteiger partial charge on any atom is 0.417 e. The molecule has 4 aliphatic rings. The molecule has 1 saturated carbocycles. The Bertz CT molecular complexity index is 2650. The van der Waals surface area contributed by atoms with E-state index < -0.39 is 69.5 Å². The number of ether oxygens (including phenoxy) is 1. The van der Waals surface area contributed by atoms with Crippen molar-refractivity contribution in [3.8, 4) is 11.5 Å². The third-order valence-electron chi connectivity index (χ3n) is 12.2. The molecular weight excluding hydrogens is 947 g/mol. The number of fused-ring (bicyclic) bond motifs is 4. The molecule has 2 aliphatic carbocycles. The molecule has 3 heterocycles. The van der Waals surface area contributed by atoms with Crippen LogP contribution < -0.4 is 15.1 Å². The number of benzene rings is 4. The molecule has 0 bridgehead atoms. The number of hydrogen-bond acceptors (Lipinski definition) is 8. The quantitative estimate of drug-likeness (QED) is 0.0895. The maximum atomic E-state index is 15.5. The number of carbonyl (C=O) groups excluding carboxylic acids is 4. The van der Waals surface area contributed by atoms with Gasteiger partial charge in [-0.25, -0.2) is 4.98 Å². The summed E-state index contributed by atoms with van der Waals surface area (Å²) in [6, 6.07) is 28.0. The van der Waals surface area contributed by atoms with E-state index in [2.05, 4.69) is 33.0 Å². The van der Waals surface area contributed by atoms with Gasteiger partial charge in [-0.2, -0.15) is 18.2 Å². The molecule has 310 valence electrons. The number of phenols is 1. The van der Waals surface area contributed by atoms with Gasteiger partial charge in [-0.15, -0.1) is 0 Å². The molecular formula is C45H32Cl2F3IN4O6. The van der Waals surface area contributed by atoms with Gasteiger partial charge in [-0.05, 0) is 101 Å². The highest BCUT2D eigenvalue weighted by Gasteiger charge is 2.70. The monoisotopic (exact) mass is 978 g/mol. The number of imide groups is 2. The first-order valence-corrected chi connectivity index (χ1v) is 21.0. The van der Waals surface area contributed by atoms with Gasteiger partial charge in [0.05, 0.1) is 39.4 Å². The molecule has 16 heteroatoms. The summed E-state index contributed by atoms with van der Waals surface area (Å²) in [5.41, 5.74) is 2.08. The minimum absolute atomic E-state index is 0.0817. The van der Waals surface area contributed by atoms with Crippen molar-refractivity contribution < 1.29 is 42.2 Å². The summed E-state index contributed by atoms with van der Waals surface area (Å²) in [5, 5.41) is 12.6. The van der Waals surface area contributed by atoms with Gasteiger partial charge in [-0.3, -0.25) is 29.5 Å². The fourth-order valence-electron chi connectivity index (χ4n) is 9.57. The predicted octanol–water partition coefficient (Wildman–Crippen LogP) is 9.49. The lowest BCUT2D eigenvalue weighted by Crippen LogP contribution is -2.53. The molecule has 1 aromatic heterocycles. The van der Waals surface area contributed by atoms with Crippen LogP contribution in [0.3, 0.4) is 0 Å². The number of halogens is 6. The lowest BCUT2D eigenvalue weighted by atomic mass is 9.49. The van der Waals surface area contributed by atoms with E-state index in [4.69, 9.17) is 27.9 Å². The summed E-state index contributed by atoms with van der Waals surface area (Å²) in [7, 11) is 0. The summed E-state index contributed by atoms with van der Waals surface area (Å²) >= 11 is 14.8. The number of aromatic nitrogens is 1. The van der Waals surface area contributed by atoms with Crippen molar-refractivity contribution >= 4 is 80.9 Å². The van der Waals surface area contributed by atoms with Gasteiger partial charge in [0.1, 0.15) is 18.1 Å². The first kappa shape index (κ1) is 40.9. The molecule has 4 amide bonds. The van der Waals surface area contributed by atoms with Crippen molar-refractivity contribution in [1.82, 2.24) is 9.99 Å². The largest absolute Gasteiger partial charge is 0.508 e. The highest BCUT2D eigenvalue weighted by molar-refractivity contribution is 14.1. The van der Waals surface area contributed by atoms with Crippen molar-refractivity contribution in [3.05, 3.63) is 157 Å². The summed E-state index contributed by atoms with van der Waals surface area (Å²) in [5.74, 6) is -7.62. The van der Waals surface area contributed by atoms with Crippen LogP contribution in [0.4, 0.5) is 24.7 Å². The normalized spacial score (nSPS) is 24.6. The van der Waals surface area contributed by atoms with Gasteiger partial charge in [0.25, 0.3) is 11.8 Å². The van der Waals surface area contributed by atoms with Crippen LogP contribution in [0.1, 0.15) is 41.0 Å². The number of anilines is 2. The topological polar surface area (TPSA) is 129 Å². The standard InChI is InChI=1S/C45H32Cl2F3IN4O6/c46-26-8-6-24(7-9-26)44-34(41(58)55(43(44)60)53-39-35(47)18-25(21-52-39)45(48,49)50)20-33-30(16-17-32-37(33)42(59)54(40(32)57)28-12-10-27(51)11-13-28)38(44)31-15-14-29(19-36(31)56)61-22-23-4-2-1-3-5-23/h1-16,18-19,21,32-34,37-38,56H,17,20,22H2,(H,52,53)/t32-,33+,34-,37-,38+,44+/m0/s1. The van der Waals surface area contributed by atoms with E-state index >= 15 is 9.59 Å². The number of hydrogen-bond donors (Lipinski definition) is 2. The van der Waals surface area contributed by atoms with E-state index in [0.717, 1.165) is 9.13 Å². The van der Waals surface area contributed by atoms with Gasteiger partial charge in [-0.1, -0.05) is 83.4 Å². The number of amides is 4. The second-order valence-electron chi connectivity index (χ2n) is 15.4. The van der Waals surface area contributed by atoms with E-state index in [1.165, 1.54) is 11.0 Å². The van der Waals surface area contributed by atoms with E-state index in [-0.39, 0.29) is 42.5 Å². The smallest absolute Gasteiger partial charge is 0.417 e. The summed E-state index contributed by atoms with van der Waals surface area (Å²) in [4.78, 5) is 64.3. The number of phenolic OH excluding ortho intramolecular Hbond substituents is 1. The zero-order valence-electron chi connectivity index (χ0n) is 31.6. The molecule has 61 heavy (non-hydrogen) atoms. The Hall–Kier alpha value is -5.45. The Morgan fingerprint density at radius 1 is 0.885 bits per heavy atom. The van der Waals surface area contributed by atoms with Crippen LogP contribution in [0, 0.1) is 27.2 Å². The van der Waals surface area contributed by atoms with Crippen LogP contribution in [0.5, 0.6) is 11.5 Å². The number of pyridine rings is 1. The second-order valence-corrected chi connectivity index (χ2v) is 17.5. The lowest BCUT2D eigenvalue weighted by molar-refractivity contribution is -0.139. The van der Waals surface area contributed by atoms with Gasteiger partial charge < -0.3 is 9.84 Å². The van der Waals surface area contributed by atoms with Gasteiger partial charge >= 0.3 is 6.18 Å². The average Bonchev–Trinajstić information content (AvgIpc) is 3.62. The fraction of sp³-hybridized carbons (Fsp3) is 0.222. The number of nitrogens with zero attached hydrogens (tertiary/aromatic N) is 3. The maximum absolute atomic E-state index is 15.5. The molecule has 5 aromatic rings. The first-order chi connectivity index (χ1) is 29.2. The number of nitrogens with one attached hydrogen (secondary N) is 1. The van der Waals surface area contributed by atoms with Crippen LogP contribution >= 0.6 is 45.8 Å². The molecule has 0 unspecified atom stereocenters. The number of aromatic hydroxyl groups is 1. The second kappa shape index (κ2) is 15.5. The van der Waals surface area contributed by atoms with Crippen molar-refractivity contribution in [3.63, 3.8) is 0 Å². The zero-order chi connectivity index (χ0) is 43.0. The van der Waals surface area contributed by atoms with Gasteiger partial charge in [0.2, 0.25) is 11.8 Å². The lowest BCUT2D eigenvalue weighted by Gasteiger charge is -2.50. The van der Waals surface area contributed by atoms with Crippen molar-refractivity contribution in [2.24, 2.45) is 23.7 Å². The van der Waals surface area contributed by atoms with Crippen molar-refractivity contribution in [2.75, 3.05) is 10.3 Å². The Balaban J connectivity index is 1.20. The van der Waals surface area contributed by atoms with Crippen molar-refractivity contribution in [1.29, 1.82) is 0 Å².